The summed E-state index contributed by atoms with van der Waals surface area (Å²) < 4.78 is 33.4. The van der Waals surface area contributed by atoms with Gasteiger partial charge >= 0.3 is 11.9 Å². The maximum atomic E-state index is 13.2. The average Bonchev–Trinajstić information content (AvgIpc) is 3.55. The summed E-state index contributed by atoms with van der Waals surface area (Å²) in [6.07, 6.45) is 6.57. The number of rotatable bonds is 12. The molecule has 0 radical (unpaired) electrons. The number of fused-ring (bicyclic) bond motifs is 7. The monoisotopic (exact) mass is 858 g/mol. The summed E-state index contributed by atoms with van der Waals surface area (Å²) in [5.41, 5.74) is 5.07. The molecule has 0 saturated carbocycles. The minimum absolute atomic E-state index is 0.0427. The number of methoxy groups -OCH3 is 2. The number of hydrogen-bond acceptors (Lipinski definition) is 10. The van der Waals surface area contributed by atoms with E-state index in [2.05, 4.69) is 0 Å². The van der Waals surface area contributed by atoms with Crippen LogP contribution < -0.4 is 28.4 Å². The first kappa shape index (κ1) is 41.6. The van der Waals surface area contributed by atoms with Gasteiger partial charge in [0.1, 0.15) is 34.5 Å². The fourth-order valence-corrected chi connectivity index (χ4v) is 7.47. The molecule has 0 amide bonds. The summed E-state index contributed by atoms with van der Waals surface area (Å²) in [6.45, 7) is 0.0427. The Morgan fingerprint density at radius 1 is 0.431 bits per heavy atom. The summed E-state index contributed by atoms with van der Waals surface area (Å²) in [7, 11) is 3.10. The summed E-state index contributed by atoms with van der Waals surface area (Å²) in [5, 5.41) is 3.77. The normalized spacial score (nSPS) is 11.8. The standard InChI is InChI=1S/C55H38O10/c1-60-42-17-11-38(12-18-42)54(58)64-44-21-7-36(8-22-44)48(56)27-5-34-3-25-46-40(31-34)15-29-50-52(46)53-47-26-4-35(32-41(47)16-30-51(53)63-33-62-50)6-28-49(57)37-9-23-45(24-10-37)65-55(59)39-13-19-43(61-2)20-14-39/h3-32H,33H2,1-2H3/b27-5+,28-6+. The predicted molar refractivity (Wildman–Crippen MR) is 249 cm³/mol. The van der Waals surface area contributed by atoms with E-state index in [1.165, 1.54) is 12.2 Å². The van der Waals surface area contributed by atoms with Gasteiger partial charge in [-0.2, -0.15) is 0 Å². The molecule has 0 atom stereocenters. The smallest absolute Gasteiger partial charge is 0.343 e. The molecule has 0 N–H and O–H groups in total. The highest BCUT2D eigenvalue weighted by atomic mass is 16.7. The number of ether oxygens (including phenoxy) is 6. The van der Waals surface area contributed by atoms with E-state index in [9.17, 15) is 19.2 Å². The number of hydrogen-bond donors (Lipinski definition) is 0. The maximum Gasteiger partial charge on any atom is 0.343 e. The first-order chi connectivity index (χ1) is 31.7. The summed E-state index contributed by atoms with van der Waals surface area (Å²) in [6, 6.07) is 45.8. The van der Waals surface area contributed by atoms with Gasteiger partial charge in [-0.3, -0.25) is 9.59 Å². The molecule has 0 saturated heterocycles. The molecule has 0 spiro atoms. The van der Waals surface area contributed by atoms with E-state index < -0.39 is 11.9 Å². The van der Waals surface area contributed by atoms with Crippen molar-refractivity contribution in [2.75, 3.05) is 21.0 Å². The molecular weight excluding hydrogens is 821 g/mol. The molecule has 1 aliphatic heterocycles. The van der Waals surface area contributed by atoms with Crippen LogP contribution in [0.15, 0.2) is 170 Å². The van der Waals surface area contributed by atoms with Crippen LogP contribution in [0.5, 0.6) is 34.5 Å². The Morgan fingerprint density at radius 2 is 0.800 bits per heavy atom. The lowest BCUT2D eigenvalue weighted by Crippen LogP contribution is -2.08. The van der Waals surface area contributed by atoms with Crippen LogP contribution in [0.1, 0.15) is 52.6 Å². The van der Waals surface area contributed by atoms with Gasteiger partial charge in [-0.25, -0.2) is 9.59 Å². The molecule has 65 heavy (non-hydrogen) atoms. The van der Waals surface area contributed by atoms with Gasteiger partial charge in [0.05, 0.1) is 25.3 Å². The quantitative estimate of drug-likeness (QED) is 0.0507. The van der Waals surface area contributed by atoms with E-state index in [4.69, 9.17) is 28.4 Å². The molecule has 0 unspecified atom stereocenters. The van der Waals surface area contributed by atoms with Gasteiger partial charge in [0.2, 0.25) is 6.79 Å². The van der Waals surface area contributed by atoms with Crippen LogP contribution in [0.25, 0.3) is 44.8 Å². The lowest BCUT2D eigenvalue weighted by molar-refractivity contribution is 0.0725. The van der Waals surface area contributed by atoms with E-state index >= 15 is 0 Å². The number of benzene rings is 8. The van der Waals surface area contributed by atoms with Crippen LogP contribution in [0.2, 0.25) is 0 Å². The average molecular weight is 859 g/mol. The Morgan fingerprint density at radius 3 is 1.18 bits per heavy atom. The highest BCUT2D eigenvalue weighted by molar-refractivity contribution is 6.12. The van der Waals surface area contributed by atoms with E-state index in [1.54, 1.807) is 123 Å². The summed E-state index contributed by atoms with van der Waals surface area (Å²) in [4.78, 5) is 51.5. The molecule has 318 valence electrons. The SMILES string of the molecule is COc1ccc(C(=O)Oc2ccc(C(=O)/C=C/c3ccc4c5c(ccc4c3)OCOc3ccc4cc(/C=C/C(=O)c6ccc(OC(=O)c7ccc(OC)cc7)cc6)ccc4c3-5)cc2)cc1. The van der Waals surface area contributed by atoms with Crippen LogP contribution in [0, 0.1) is 0 Å². The number of ketones is 2. The lowest BCUT2D eigenvalue weighted by Gasteiger charge is -2.14. The van der Waals surface area contributed by atoms with Gasteiger partial charge in [0.15, 0.2) is 11.6 Å². The maximum absolute atomic E-state index is 13.2. The molecule has 0 aliphatic carbocycles. The van der Waals surface area contributed by atoms with Gasteiger partial charge in [0, 0.05) is 22.3 Å². The number of carbonyl (C=O) groups excluding carboxylic acids is 4. The summed E-state index contributed by atoms with van der Waals surface area (Å²) in [5.74, 6) is 1.82. The minimum atomic E-state index is -0.515. The lowest BCUT2D eigenvalue weighted by atomic mass is 9.91. The van der Waals surface area contributed by atoms with Crippen LogP contribution in [-0.4, -0.2) is 44.5 Å². The molecule has 1 heterocycles. The molecule has 0 aromatic heterocycles. The Bertz CT molecular complexity index is 2970. The molecule has 9 rings (SSSR count). The zero-order valence-electron chi connectivity index (χ0n) is 35.1. The third-order valence-electron chi connectivity index (χ3n) is 10.9. The molecule has 0 fully saturated rings. The number of allylic oxidation sites excluding steroid dienone is 2. The highest BCUT2D eigenvalue weighted by Gasteiger charge is 2.22. The Balaban J connectivity index is 0.896. The van der Waals surface area contributed by atoms with Crippen LogP contribution >= 0.6 is 0 Å². The van der Waals surface area contributed by atoms with Gasteiger partial charge in [0.25, 0.3) is 0 Å². The molecule has 10 heteroatoms. The van der Waals surface area contributed by atoms with Crippen molar-refractivity contribution in [2.45, 2.75) is 0 Å². The topological polar surface area (TPSA) is 124 Å². The molecule has 0 bridgehead atoms. The molecular formula is C55H38O10. The third-order valence-corrected chi connectivity index (χ3v) is 10.9. The largest absolute Gasteiger partial charge is 0.497 e. The minimum Gasteiger partial charge on any atom is -0.497 e. The van der Waals surface area contributed by atoms with Crippen molar-refractivity contribution in [3.8, 4) is 45.6 Å². The van der Waals surface area contributed by atoms with E-state index in [1.807, 2.05) is 60.7 Å². The van der Waals surface area contributed by atoms with Crippen molar-refractivity contribution in [3.05, 3.63) is 203 Å². The number of esters is 2. The summed E-state index contributed by atoms with van der Waals surface area (Å²) >= 11 is 0. The van der Waals surface area contributed by atoms with Crippen molar-refractivity contribution in [1.29, 1.82) is 0 Å². The fourth-order valence-electron chi connectivity index (χ4n) is 7.47. The van der Waals surface area contributed by atoms with Crippen LogP contribution in [0.3, 0.4) is 0 Å². The van der Waals surface area contributed by atoms with Crippen LogP contribution in [-0.2, 0) is 0 Å². The first-order valence-corrected chi connectivity index (χ1v) is 20.5. The van der Waals surface area contributed by atoms with Gasteiger partial charge in [-0.05, 0) is 166 Å². The van der Waals surface area contributed by atoms with Crippen LogP contribution in [0.4, 0.5) is 0 Å². The van der Waals surface area contributed by atoms with Gasteiger partial charge < -0.3 is 28.4 Å². The Kier molecular flexibility index (Phi) is 11.7. The predicted octanol–water partition coefficient (Wildman–Crippen LogP) is 11.6. The second-order valence-electron chi connectivity index (χ2n) is 14.9. The van der Waals surface area contributed by atoms with E-state index in [0.29, 0.717) is 56.8 Å². The first-order valence-electron chi connectivity index (χ1n) is 20.5. The second-order valence-corrected chi connectivity index (χ2v) is 14.9. The Hall–Kier alpha value is -8.76. The fraction of sp³-hybridized carbons (Fsp3) is 0.0545. The zero-order chi connectivity index (χ0) is 44.9. The molecule has 1 aliphatic rings. The van der Waals surface area contributed by atoms with Crippen molar-refractivity contribution in [2.24, 2.45) is 0 Å². The van der Waals surface area contributed by atoms with Gasteiger partial charge in [-0.1, -0.05) is 48.6 Å². The second kappa shape index (κ2) is 18.3. The molecule has 8 aromatic rings. The molecule has 10 nitrogen and oxygen atoms in total. The Labute approximate surface area is 373 Å². The van der Waals surface area contributed by atoms with E-state index in [-0.39, 0.29) is 18.4 Å². The molecule has 8 aromatic carbocycles. The third kappa shape index (κ3) is 9.09. The number of carbonyl (C=O) groups is 4. The van der Waals surface area contributed by atoms with Crippen molar-refractivity contribution in [3.63, 3.8) is 0 Å². The van der Waals surface area contributed by atoms with E-state index in [0.717, 1.165) is 43.8 Å². The highest BCUT2D eigenvalue weighted by Crippen LogP contribution is 2.47. The van der Waals surface area contributed by atoms with Gasteiger partial charge in [-0.15, -0.1) is 0 Å². The van der Waals surface area contributed by atoms with Crippen molar-refractivity contribution in [1.82, 2.24) is 0 Å². The van der Waals surface area contributed by atoms with Crippen molar-refractivity contribution < 1.29 is 47.6 Å². The van der Waals surface area contributed by atoms with Crippen molar-refractivity contribution >= 4 is 57.2 Å². The zero-order valence-corrected chi connectivity index (χ0v) is 35.1.